The zero-order valence-corrected chi connectivity index (χ0v) is 12.8. The number of nitrogens with two attached hydrogens (primary N) is 1. The van der Waals surface area contributed by atoms with Gasteiger partial charge >= 0.3 is 0 Å². The van der Waals surface area contributed by atoms with Gasteiger partial charge in [0, 0.05) is 14.9 Å². The van der Waals surface area contributed by atoms with Gasteiger partial charge < -0.3 is 10.8 Å². The van der Waals surface area contributed by atoms with E-state index in [-0.39, 0.29) is 12.1 Å². The highest BCUT2D eigenvalue weighted by atomic mass is 79.9. The molecule has 2 atom stereocenters. The molecule has 1 aliphatic carbocycles. The molecule has 0 heterocycles. The smallest absolute Gasteiger partial charge is 0.0613 e. The Morgan fingerprint density at radius 2 is 2.22 bits per heavy atom. The first kappa shape index (κ1) is 14.4. The van der Waals surface area contributed by atoms with E-state index in [4.69, 9.17) is 5.73 Å². The van der Waals surface area contributed by atoms with Gasteiger partial charge in [-0.1, -0.05) is 18.6 Å². The molecule has 2 rings (SSSR count). The molecular formula is C14H20BrNOS. The summed E-state index contributed by atoms with van der Waals surface area (Å²) < 4.78 is 1.16. The van der Waals surface area contributed by atoms with Crippen molar-refractivity contribution in [2.24, 2.45) is 11.7 Å². The number of hydrogen-bond donors (Lipinski definition) is 2. The Bertz CT molecular complexity index is 401. The van der Waals surface area contributed by atoms with E-state index in [2.05, 4.69) is 34.1 Å². The lowest BCUT2D eigenvalue weighted by Crippen LogP contribution is -2.47. The lowest BCUT2D eigenvalue weighted by Gasteiger charge is -2.29. The molecule has 100 valence electrons. The summed E-state index contributed by atoms with van der Waals surface area (Å²) in [5.74, 6) is 1.53. The zero-order chi connectivity index (χ0) is 13.0. The van der Waals surface area contributed by atoms with Crippen molar-refractivity contribution in [3.63, 3.8) is 0 Å². The van der Waals surface area contributed by atoms with Crippen molar-refractivity contribution in [2.45, 2.75) is 36.1 Å². The highest BCUT2D eigenvalue weighted by molar-refractivity contribution is 9.10. The largest absolute Gasteiger partial charge is 0.394 e. The molecule has 1 saturated carbocycles. The SMILES string of the molecule is NC1(CO)CCCC1CCSc1ccccc1Br. The van der Waals surface area contributed by atoms with Crippen LogP contribution in [0, 0.1) is 5.92 Å². The molecule has 0 spiro atoms. The molecule has 1 aromatic carbocycles. The van der Waals surface area contributed by atoms with Crippen LogP contribution in [-0.4, -0.2) is 23.0 Å². The zero-order valence-electron chi connectivity index (χ0n) is 10.4. The van der Waals surface area contributed by atoms with E-state index in [9.17, 15) is 5.11 Å². The summed E-state index contributed by atoms with van der Waals surface area (Å²) in [6.07, 6.45) is 4.37. The molecule has 3 N–H and O–H groups in total. The third kappa shape index (κ3) is 3.29. The number of aliphatic hydroxyl groups is 1. The maximum atomic E-state index is 9.42. The average molecular weight is 330 g/mol. The second-order valence-corrected chi connectivity index (χ2v) is 7.04. The van der Waals surface area contributed by atoms with E-state index in [0.717, 1.165) is 35.9 Å². The predicted molar refractivity (Wildman–Crippen MR) is 80.8 cm³/mol. The minimum Gasteiger partial charge on any atom is -0.394 e. The van der Waals surface area contributed by atoms with Crippen molar-refractivity contribution in [1.82, 2.24) is 0 Å². The van der Waals surface area contributed by atoms with Crippen LogP contribution in [0.3, 0.4) is 0 Å². The summed E-state index contributed by atoms with van der Waals surface area (Å²) in [4.78, 5) is 1.28. The first-order valence-electron chi connectivity index (χ1n) is 6.43. The second kappa shape index (κ2) is 6.42. The topological polar surface area (TPSA) is 46.2 Å². The first-order chi connectivity index (χ1) is 8.65. The summed E-state index contributed by atoms with van der Waals surface area (Å²) in [6.45, 7) is 0.122. The van der Waals surface area contributed by atoms with Gasteiger partial charge in [-0.05, 0) is 59.0 Å². The molecule has 0 aromatic heterocycles. The maximum absolute atomic E-state index is 9.42. The standard InChI is InChI=1S/C14H20BrNOS/c15-12-5-1-2-6-13(12)18-9-7-11-4-3-8-14(11,16)10-17/h1-2,5-6,11,17H,3-4,7-10,16H2. The normalized spacial score (nSPS) is 27.6. The number of thioether (sulfide) groups is 1. The molecule has 2 nitrogen and oxygen atoms in total. The molecule has 1 aromatic rings. The quantitative estimate of drug-likeness (QED) is 0.813. The van der Waals surface area contributed by atoms with Crippen LogP contribution in [0.4, 0.5) is 0 Å². The Kier molecular flexibility index (Phi) is 5.13. The highest BCUT2D eigenvalue weighted by Gasteiger charge is 2.38. The molecule has 0 bridgehead atoms. The van der Waals surface area contributed by atoms with Gasteiger partial charge in [-0.3, -0.25) is 0 Å². The summed E-state index contributed by atoms with van der Waals surface area (Å²) in [5, 5.41) is 9.42. The molecular weight excluding hydrogens is 310 g/mol. The van der Waals surface area contributed by atoms with Gasteiger partial charge in [0.15, 0.2) is 0 Å². The van der Waals surface area contributed by atoms with Gasteiger partial charge in [0.1, 0.15) is 0 Å². The van der Waals surface area contributed by atoms with Crippen LogP contribution in [0.15, 0.2) is 33.6 Å². The minimum absolute atomic E-state index is 0.122. The first-order valence-corrected chi connectivity index (χ1v) is 8.20. The number of halogens is 1. The van der Waals surface area contributed by atoms with Crippen LogP contribution in [0.1, 0.15) is 25.7 Å². The van der Waals surface area contributed by atoms with E-state index >= 15 is 0 Å². The molecule has 4 heteroatoms. The Balaban J connectivity index is 1.84. The van der Waals surface area contributed by atoms with Gasteiger partial charge in [-0.15, -0.1) is 11.8 Å². The van der Waals surface area contributed by atoms with Gasteiger partial charge in [0.25, 0.3) is 0 Å². The molecule has 0 aliphatic heterocycles. The van der Waals surface area contributed by atoms with Gasteiger partial charge in [-0.25, -0.2) is 0 Å². The van der Waals surface area contributed by atoms with Gasteiger partial charge in [0.05, 0.1) is 6.61 Å². The summed E-state index contributed by atoms with van der Waals surface area (Å²) in [7, 11) is 0. The van der Waals surface area contributed by atoms with Crippen LogP contribution >= 0.6 is 27.7 Å². The predicted octanol–water partition coefficient (Wildman–Crippen LogP) is 3.42. The van der Waals surface area contributed by atoms with E-state index in [0.29, 0.717) is 5.92 Å². The summed E-state index contributed by atoms with van der Waals surface area (Å²) >= 11 is 5.42. The fourth-order valence-corrected chi connectivity index (χ4v) is 4.31. The Hall–Kier alpha value is -0.0300. The Morgan fingerprint density at radius 1 is 1.44 bits per heavy atom. The fraction of sp³-hybridized carbons (Fsp3) is 0.571. The van der Waals surface area contributed by atoms with Crippen molar-refractivity contribution in [1.29, 1.82) is 0 Å². The molecule has 0 radical (unpaired) electrons. The monoisotopic (exact) mass is 329 g/mol. The molecule has 1 aliphatic rings. The number of aliphatic hydroxyl groups excluding tert-OH is 1. The average Bonchev–Trinajstić information content (AvgIpc) is 2.74. The third-order valence-corrected chi connectivity index (χ3v) is 5.92. The number of hydrogen-bond acceptors (Lipinski definition) is 3. The summed E-state index contributed by atoms with van der Waals surface area (Å²) in [5.41, 5.74) is 5.92. The fourth-order valence-electron chi connectivity index (χ4n) is 2.68. The Labute approximate surface area is 121 Å². The van der Waals surface area contributed by atoms with Crippen molar-refractivity contribution in [3.05, 3.63) is 28.7 Å². The number of benzene rings is 1. The van der Waals surface area contributed by atoms with E-state index in [1.54, 1.807) is 0 Å². The minimum atomic E-state index is -0.325. The van der Waals surface area contributed by atoms with Crippen molar-refractivity contribution < 1.29 is 5.11 Å². The van der Waals surface area contributed by atoms with Crippen molar-refractivity contribution >= 4 is 27.7 Å². The van der Waals surface area contributed by atoms with Gasteiger partial charge in [0.2, 0.25) is 0 Å². The lowest BCUT2D eigenvalue weighted by molar-refractivity contribution is 0.158. The van der Waals surface area contributed by atoms with Crippen LogP contribution in [-0.2, 0) is 0 Å². The molecule has 1 fully saturated rings. The van der Waals surface area contributed by atoms with Crippen molar-refractivity contribution in [3.8, 4) is 0 Å². The molecule has 0 amide bonds. The van der Waals surface area contributed by atoms with Crippen LogP contribution < -0.4 is 5.73 Å². The van der Waals surface area contributed by atoms with E-state index in [1.807, 2.05) is 17.8 Å². The van der Waals surface area contributed by atoms with Crippen LogP contribution in [0.25, 0.3) is 0 Å². The van der Waals surface area contributed by atoms with Gasteiger partial charge in [-0.2, -0.15) is 0 Å². The van der Waals surface area contributed by atoms with Crippen molar-refractivity contribution in [2.75, 3.05) is 12.4 Å². The third-order valence-electron chi connectivity index (χ3n) is 3.86. The second-order valence-electron chi connectivity index (χ2n) is 5.05. The highest BCUT2D eigenvalue weighted by Crippen LogP contribution is 2.37. The van der Waals surface area contributed by atoms with Crippen LogP contribution in [0.2, 0.25) is 0 Å². The summed E-state index contributed by atoms with van der Waals surface area (Å²) in [6, 6.07) is 8.29. The Morgan fingerprint density at radius 3 is 2.94 bits per heavy atom. The molecule has 0 saturated heterocycles. The van der Waals surface area contributed by atoms with E-state index < -0.39 is 0 Å². The number of rotatable bonds is 5. The molecule has 18 heavy (non-hydrogen) atoms. The molecule has 2 unspecified atom stereocenters. The van der Waals surface area contributed by atoms with E-state index in [1.165, 1.54) is 4.90 Å². The lowest BCUT2D eigenvalue weighted by atomic mass is 9.87. The van der Waals surface area contributed by atoms with Crippen LogP contribution in [0.5, 0.6) is 0 Å². The maximum Gasteiger partial charge on any atom is 0.0613 e.